The maximum atomic E-state index is 13.5. The lowest BCUT2D eigenvalue weighted by Gasteiger charge is -2.23. The van der Waals surface area contributed by atoms with Crippen molar-refractivity contribution >= 4 is 15.7 Å². The molecule has 7 heteroatoms. The fourth-order valence-electron chi connectivity index (χ4n) is 4.82. The highest BCUT2D eigenvalue weighted by Gasteiger charge is 2.28. The fourth-order valence-corrected chi connectivity index (χ4v) is 6.10. The van der Waals surface area contributed by atoms with E-state index in [9.17, 15) is 8.42 Å². The fraction of sp³-hybridized carbons (Fsp3) is 0.444. The van der Waals surface area contributed by atoms with Gasteiger partial charge in [-0.15, -0.1) is 0 Å². The summed E-state index contributed by atoms with van der Waals surface area (Å²) < 4.78 is 30.2. The van der Waals surface area contributed by atoms with Crippen LogP contribution in [0.3, 0.4) is 0 Å². The first-order valence-electron chi connectivity index (χ1n) is 12.1. The molecule has 34 heavy (non-hydrogen) atoms. The molecular weight excluding hydrogens is 444 g/mol. The molecule has 0 atom stereocenters. The quantitative estimate of drug-likeness (QED) is 0.523. The van der Waals surface area contributed by atoms with Crippen LogP contribution >= 0.6 is 0 Å². The summed E-state index contributed by atoms with van der Waals surface area (Å²) in [7, 11) is -0.229. The first-order chi connectivity index (χ1) is 16.2. The van der Waals surface area contributed by atoms with Crippen LogP contribution in [0.4, 0.5) is 5.69 Å². The Bertz CT molecular complexity index is 1240. The molecule has 3 aromatic rings. The van der Waals surface area contributed by atoms with Crippen molar-refractivity contribution in [3.05, 3.63) is 65.5 Å². The Morgan fingerprint density at radius 3 is 2.41 bits per heavy atom. The number of hydrogen-bond acceptors (Lipinski definition) is 4. The van der Waals surface area contributed by atoms with Crippen molar-refractivity contribution in [2.24, 2.45) is 13.0 Å². The SMILES string of the molecule is Cc1c(N(C)S(=O)(=O)c2ccc(-c3cccc(C4CCNCC4)c3)cc2)c(CC(C)C)nn1C. The number of rotatable bonds is 7. The molecule has 1 aliphatic heterocycles. The van der Waals surface area contributed by atoms with E-state index in [2.05, 4.69) is 48.5 Å². The number of nitrogens with one attached hydrogen (secondary N) is 1. The van der Waals surface area contributed by atoms with Gasteiger partial charge < -0.3 is 5.32 Å². The molecular formula is C27H36N4O2S. The van der Waals surface area contributed by atoms with Gasteiger partial charge in [-0.25, -0.2) is 8.42 Å². The van der Waals surface area contributed by atoms with Crippen molar-refractivity contribution in [2.75, 3.05) is 24.4 Å². The molecule has 182 valence electrons. The molecule has 1 fully saturated rings. The van der Waals surface area contributed by atoms with Gasteiger partial charge in [-0.1, -0.05) is 50.2 Å². The average molecular weight is 481 g/mol. The maximum absolute atomic E-state index is 13.5. The van der Waals surface area contributed by atoms with E-state index in [0.717, 1.165) is 54.9 Å². The van der Waals surface area contributed by atoms with Crippen LogP contribution in [0.15, 0.2) is 53.4 Å². The van der Waals surface area contributed by atoms with Crippen molar-refractivity contribution in [2.45, 2.75) is 50.8 Å². The van der Waals surface area contributed by atoms with Crippen LogP contribution in [-0.4, -0.2) is 38.3 Å². The van der Waals surface area contributed by atoms with Gasteiger partial charge in [-0.05, 0) is 79.9 Å². The molecule has 2 heterocycles. The summed E-state index contributed by atoms with van der Waals surface area (Å²) in [6, 6.07) is 15.9. The molecule has 0 spiro atoms. The molecule has 6 nitrogen and oxygen atoms in total. The van der Waals surface area contributed by atoms with Crippen LogP contribution < -0.4 is 9.62 Å². The molecule has 0 saturated carbocycles. The van der Waals surface area contributed by atoms with Gasteiger partial charge in [0, 0.05) is 14.1 Å². The van der Waals surface area contributed by atoms with E-state index >= 15 is 0 Å². The van der Waals surface area contributed by atoms with Gasteiger partial charge in [0.2, 0.25) is 0 Å². The molecule has 2 aromatic carbocycles. The van der Waals surface area contributed by atoms with Gasteiger partial charge in [0.25, 0.3) is 10.0 Å². The Morgan fingerprint density at radius 2 is 1.76 bits per heavy atom. The lowest BCUT2D eigenvalue weighted by molar-refractivity contribution is 0.460. The molecule has 4 rings (SSSR count). The van der Waals surface area contributed by atoms with Gasteiger partial charge in [-0.3, -0.25) is 8.99 Å². The highest BCUT2D eigenvalue weighted by atomic mass is 32.2. The molecule has 1 N–H and O–H groups in total. The average Bonchev–Trinajstić information content (AvgIpc) is 3.11. The van der Waals surface area contributed by atoms with Gasteiger partial charge >= 0.3 is 0 Å². The Hall–Kier alpha value is -2.64. The van der Waals surface area contributed by atoms with E-state index in [1.165, 1.54) is 9.87 Å². The van der Waals surface area contributed by atoms with Crippen LogP contribution in [-0.2, 0) is 23.5 Å². The zero-order valence-corrected chi connectivity index (χ0v) is 21.7. The lowest BCUT2D eigenvalue weighted by Crippen LogP contribution is -2.28. The number of anilines is 1. The van der Waals surface area contributed by atoms with Crippen molar-refractivity contribution in [1.82, 2.24) is 15.1 Å². The Balaban J connectivity index is 1.61. The van der Waals surface area contributed by atoms with Crippen molar-refractivity contribution in [3.63, 3.8) is 0 Å². The second-order valence-electron chi connectivity index (χ2n) is 9.75. The molecule has 0 radical (unpaired) electrons. The van der Waals surface area contributed by atoms with Crippen LogP contribution in [0.5, 0.6) is 0 Å². The third-order valence-electron chi connectivity index (χ3n) is 6.83. The molecule has 0 unspecified atom stereocenters. The van der Waals surface area contributed by atoms with E-state index in [0.29, 0.717) is 17.5 Å². The number of sulfonamides is 1. The number of aryl methyl sites for hydroxylation is 1. The predicted molar refractivity (Wildman–Crippen MR) is 139 cm³/mol. The summed E-state index contributed by atoms with van der Waals surface area (Å²) in [6.07, 6.45) is 3.03. The largest absolute Gasteiger partial charge is 0.317 e. The van der Waals surface area contributed by atoms with Gasteiger partial charge in [0.1, 0.15) is 0 Å². The summed E-state index contributed by atoms with van der Waals surface area (Å²) in [6.45, 7) is 8.26. The monoisotopic (exact) mass is 480 g/mol. The molecule has 1 aliphatic rings. The molecule has 0 aliphatic carbocycles. The minimum atomic E-state index is -3.71. The van der Waals surface area contributed by atoms with E-state index in [1.807, 2.05) is 26.1 Å². The maximum Gasteiger partial charge on any atom is 0.264 e. The zero-order chi connectivity index (χ0) is 24.5. The first kappa shape index (κ1) is 24.5. The summed E-state index contributed by atoms with van der Waals surface area (Å²) in [5.41, 5.74) is 5.83. The van der Waals surface area contributed by atoms with Crippen LogP contribution in [0.2, 0.25) is 0 Å². The van der Waals surface area contributed by atoms with Crippen molar-refractivity contribution < 1.29 is 8.42 Å². The summed E-state index contributed by atoms with van der Waals surface area (Å²) in [5, 5.41) is 8.01. The van der Waals surface area contributed by atoms with Gasteiger partial charge in [-0.2, -0.15) is 5.10 Å². The minimum absolute atomic E-state index is 0.284. The molecule has 1 saturated heterocycles. The third kappa shape index (κ3) is 4.91. The second-order valence-corrected chi connectivity index (χ2v) is 11.7. The van der Waals surface area contributed by atoms with Gasteiger partial charge in [0.05, 0.1) is 22.0 Å². The van der Waals surface area contributed by atoms with Crippen molar-refractivity contribution in [3.8, 4) is 11.1 Å². The van der Waals surface area contributed by atoms with Crippen LogP contribution in [0.25, 0.3) is 11.1 Å². The highest BCUT2D eigenvalue weighted by molar-refractivity contribution is 7.92. The van der Waals surface area contributed by atoms with E-state index < -0.39 is 10.0 Å². The zero-order valence-electron chi connectivity index (χ0n) is 20.9. The number of benzene rings is 2. The van der Waals surface area contributed by atoms with Gasteiger partial charge in [0.15, 0.2) is 0 Å². The number of aromatic nitrogens is 2. The molecule has 0 amide bonds. The Kier molecular flexibility index (Phi) is 7.14. The first-order valence-corrected chi connectivity index (χ1v) is 13.5. The topological polar surface area (TPSA) is 67.2 Å². The van der Waals surface area contributed by atoms with E-state index in [-0.39, 0.29) is 4.90 Å². The standard InChI is InChI=1S/C27H36N4O2S/c1-19(2)17-26-27(20(3)30(4)29-26)31(5)34(32,33)25-11-9-21(10-12-25)23-7-6-8-24(18-23)22-13-15-28-16-14-22/h6-12,18-19,22,28H,13-17H2,1-5H3. The summed E-state index contributed by atoms with van der Waals surface area (Å²) >= 11 is 0. The summed E-state index contributed by atoms with van der Waals surface area (Å²) in [4.78, 5) is 0.284. The normalized spacial score (nSPS) is 15.1. The predicted octanol–water partition coefficient (Wildman–Crippen LogP) is 4.89. The lowest BCUT2D eigenvalue weighted by atomic mass is 9.88. The van der Waals surface area contributed by atoms with Crippen LogP contribution in [0, 0.1) is 12.8 Å². The van der Waals surface area contributed by atoms with E-state index in [1.54, 1.807) is 23.9 Å². The third-order valence-corrected chi connectivity index (χ3v) is 8.60. The molecule has 0 bridgehead atoms. The van der Waals surface area contributed by atoms with Crippen LogP contribution in [0.1, 0.15) is 49.6 Å². The smallest absolute Gasteiger partial charge is 0.264 e. The summed E-state index contributed by atoms with van der Waals surface area (Å²) in [5.74, 6) is 0.960. The number of hydrogen-bond donors (Lipinski definition) is 1. The Labute approximate surface area is 204 Å². The molecule has 1 aromatic heterocycles. The van der Waals surface area contributed by atoms with Crippen molar-refractivity contribution in [1.29, 1.82) is 0 Å². The Morgan fingerprint density at radius 1 is 1.09 bits per heavy atom. The highest BCUT2D eigenvalue weighted by Crippen LogP contribution is 2.32. The number of nitrogens with zero attached hydrogens (tertiary/aromatic N) is 3. The minimum Gasteiger partial charge on any atom is -0.317 e. The number of piperidine rings is 1. The second kappa shape index (κ2) is 9.92. The van der Waals surface area contributed by atoms with E-state index in [4.69, 9.17) is 0 Å².